The number of methoxy groups -OCH3 is 1. The molecule has 0 aromatic carbocycles. The van der Waals surface area contributed by atoms with Crippen molar-refractivity contribution in [3.05, 3.63) is 23.3 Å². The second-order valence-corrected chi connectivity index (χ2v) is 13.9. The maximum Gasteiger partial charge on any atom is 0.331 e. The number of ether oxygens (including phenoxy) is 5. The van der Waals surface area contributed by atoms with Gasteiger partial charge in [0.05, 0.1) is 36.6 Å². The number of aliphatic hydroxyl groups excluding tert-OH is 4. The molecular weight excluding hydrogens is 536 g/mol. The third-order valence-corrected chi connectivity index (χ3v) is 12.1. The topological polar surface area (TPSA) is 168 Å². The molecule has 3 aliphatic heterocycles. The first-order valence-electron chi connectivity index (χ1n) is 14.9. The van der Waals surface area contributed by atoms with Gasteiger partial charge in [-0.15, -0.1) is 0 Å². The third kappa shape index (κ3) is 3.49. The number of fused-ring (bicyclic) bond motifs is 3. The Hall–Kier alpha value is -1.41. The minimum Gasteiger partial charge on any atom is -0.458 e. The molecule has 0 amide bonds. The van der Waals surface area contributed by atoms with E-state index in [0.29, 0.717) is 25.7 Å². The molecule has 228 valence electrons. The number of aliphatic hydroxyl groups is 5. The molecule has 3 saturated carbocycles. The summed E-state index contributed by atoms with van der Waals surface area (Å²) in [6, 6.07) is 0. The van der Waals surface area contributed by atoms with E-state index in [9.17, 15) is 30.3 Å². The third-order valence-electron chi connectivity index (χ3n) is 12.1. The lowest BCUT2D eigenvalue weighted by Gasteiger charge is -2.63. The molecule has 11 heteroatoms. The molecule has 3 heterocycles. The number of hydrogen-bond donors (Lipinski definition) is 5. The molecule has 5 N–H and O–H groups in total. The molecule has 5 fully saturated rings. The highest BCUT2D eigenvalue weighted by molar-refractivity contribution is 5.85. The summed E-state index contributed by atoms with van der Waals surface area (Å²) in [5.74, 6) is -1.48. The standard InChI is InChI=1S/C30H42O11/c1-13-7-19(37-4)22(33)26(39-13)40-18-9-15-10-20-30(41-20)24(27(15,2)11-17(18)31)23(34)25(35)28(3)16(5-6-29(28,30)36)14-8-21(32)38-12-14/h8-9,13,16-20,22-26,31,33-36H,5-7,10-12H2,1-4H3/t13-,16-,17-,18-,19-,20+,22-,23+,24-,25+,26+,27+,28+,29-,30+/m1/s1. The first-order chi connectivity index (χ1) is 19.3. The number of cyclic esters (lactones) is 1. The molecule has 0 aromatic heterocycles. The average Bonchev–Trinajstić information content (AvgIpc) is 3.36. The Kier molecular flexibility index (Phi) is 6.27. The number of carbonyl (C=O) groups excluding carboxylic acids is 1. The lowest BCUT2D eigenvalue weighted by atomic mass is 9.42. The second-order valence-electron chi connectivity index (χ2n) is 13.9. The van der Waals surface area contributed by atoms with Crippen LogP contribution in [-0.4, -0.2) is 112 Å². The monoisotopic (exact) mass is 578 g/mol. The summed E-state index contributed by atoms with van der Waals surface area (Å²) < 4.78 is 29.0. The van der Waals surface area contributed by atoms with Gasteiger partial charge < -0.3 is 49.2 Å². The van der Waals surface area contributed by atoms with Crippen LogP contribution in [0.2, 0.25) is 0 Å². The first-order valence-corrected chi connectivity index (χ1v) is 14.9. The van der Waals surface area contributed by atoms with Crippen LogP contribution in [0.1, 0.15) is 52.9 Å². The molecule has 0 bridgehead atoms. The fourth-order valence-corrected chi connectivity index (χ4v) is 10.0. The van der Waals surface area contributed by atoms with Gasteiger partial charge in [-0.1, -0.05) is 25.5 Å². The van der Waals surface area contributed by atoms with Crippen molar-refractivity contribution in [3.8, 4) is 0 Å². The Balaban J connectivity index is 1.22. The highest BCUT2D eigenvalue weighted by Crippen LogP contribution is 2.77. The van der Waals surface area contributed by atoms with Gasteiger partial charge in [0.1, 0.15) is 30.0 Å². The smallest absolute Gasteiger partial charge is 0.331 e. The average molecular weight is 579 g/mol. The van der Waals surface area contributed by atoms with Crippen molar-refractivity contribution < 1.29 is 54.0 Å². The van der Waals surface area contributed by atoms with Crippen molar-refractivity contribution in [1.82, 2.24) is 0 Å². The van der Waals surface area contributed by atoms with Gasteiger partial charge in [0.25, 0.3) is 0 Å². The van der Waals surface area contributed by atoms with Crippen LogP contribution in [0.5, 0.6) is 0 Å². The molecule has 15 atom stereocenters. The zero-order valence-corrected chi connectivity index (χ0v) is 23.9. The van der Waals surface area contributed by atoms with E-state index >= 15 is 0 Å². The van der Waals surface area contributed by atoms with Crippen molar-refractivity contribution in [1.29, 1.82) is 0 Å². The van der Waals surface area contributed by atoms with Crippen molar-refractivity contribution in [2.24, 2.45) is 22.7 Å². The molecule has 7 rings (SSSR count). The molecule has 1 spiro atoms. The van der Waals surface area contributed by atoms with Crippen molar-refractivity contribution in [2.45, 2.75) is 119 Å². The fraction of sp³-hybridized carbons (Fsp3) is 0.833. The number of esters is 1. The van der Waals surface area contributed by atoms with Crippen molar-refractivity contribution >= 4 is 5.97 Å². The highest BCUT2D eigenvalue weighted by atomic mass is 16.7. The maximum atomic E-state index is 12.6. The number of hydrogen-bond acceptors (Lipinski definition) is 11. The van der Waals surface area contributed by atoms with Gasteiger partial charge in [-0.25, -0.2) is 4.79 Å². The quantitative estimate of drug-likeness (QED) is 0.174. The molecular formula is C30H42O11. The van der Waals surface area contributed by atoms with Crippen molar-refractivity contribution in [3.63, 3.8) is 0 Å². The van der Waals surface area contributed by atoms with E-state index in [-0.39, 0.29) is 25.0 Å². The summed E-state index contributed by atoms with van der Waals surface area (Å²) in [5, 5.41) is 58.4. The SMILES string of the molecule is CO[C@@H]1C[C@@H](C)O[C@@H](O[C@@H]2C=C3C[C@@H]4O[C@]45[C@H]([C@H](O)[C@H](O)[C@]4(C)[C@@H](C6=CC(=O)OC6)CC[C@@]45O)[C@@]3(C)C[C@H]2O)[C@@H]1O. The zero-order chi connectivity index (χ0) is 29.3. The molecule has 0 unspecified atom stereocenters. The Morgan fingerprint density at radius 1 is 1.12 bits per heavy atom. The van der Waals surface area contributed by atoms with E-state index in [1.165, 1.54) is 13.2 Å². The predicted octanol–water partition coefficient (Wildman–Crippen LogP) is 0.103. The van der Waals surface area contributed by atoms with Gasteiger partial charge in [0, 0.05) is 30.9 Å². The van der Waals surface area contributed by atoms with Crippen LogP contribution >= 0.6 is 0 Å². The second kappa shape index (κ2) is 9.06. The lowest BCUT2D eigenvalue weighted by molar-refractivity contribution is -0.288. The lowest BCUT2D eigenvalue weighted by Crippen LogP contribution is -2.76. The highest BCUT2D eigenvalue weighted by Gasteiger charge is 2.88. The van der Waals surface area contributed by atoms with Crippen LogP contribution < -0.4 is 0 Å². The zero-order valence-electron chi connectivity index (χ0n) is 23.9. The minimum absolute atomic E-state index is 0.111. The Labute approximate surface area is 239 Å². The Morgan fingerprint density at radius 2 is 1.88 bits per heavy atom. The molecule has 7 aliphatic rings. The molecule has 0 radical (unpaired) electrons. The van der Waals surface area contributed by atoms with Crippen LogP contribution in [0, 0.1) is 22.7 Å². The van der Waals surface area contributed by atoms with Crippen LogP contribution in [0.15, 0.2) is 23.3 Å². The van der Waals surface area contributed by atoms with Crippen LogP contribution in [0.3, 0.4) is 0 Å². The maximum absolute atomic E-state index is 12.6. The summed E-state index contributed by atoms with van der Waals surface area (Å²) in [6.45, 7) is 5.74. The largest absolute Gasteiger partial charge is 0.458 e. The minimum atomic E-state index is -1.47. The van der Waals surface area contributed by atoms with Crippen LogP contribution in [-0.2, 0) is 28.5 Å². The van der Waals surface area contributed by atoms with Crippen molar-refractivity contribution in [2.75, 3.05) is 13.7 Å². The molecule has 4 aliphatic carbocycles. The van der Waals surface area contributed by atoms with Crippen LogP contribution in [0.4, 0.5) is 0 Å². The van der Waals surface area contributed by atoms with Gasteiger partial charge in [0.15, 0.2) is 6.29 Å². The van der Waals surface area contributed by atoms with Gasteiger partial charge in [-0.3, -0.25) is 0 Å². The van der Waals surface area contributed by atoms with E-state index in [1.807, 2.05) is 19.9 Å². The van der Waals surface area contributed by atoms with Crippen LogP contribution in [0.25, 0.3) is 0 Å². The summed E-state index contributed by atoms with van der Waals surface area (Å²) >= 11 is 0. The Morgan fingerprint density at radius 3 is 2.56 bits per heavy atom. The van der Waals surface area contributed by atoms with Gasteiger partial charge >= 0.3 is 5.97 Å². The normalized spacial score (nSPS) is 57.5. The van der Waals surface area contributed by atoms with E-state index in [2.05, 4.69) is 0 Å². The number of rotatable bonds is 4. The number of epoxide rings is 1. The summed E-state index contributed by atoms with van der Waals surface area (Å²) in [5.41, 5.74) is -2.91. The van der Waals surface area contributed by atoms with Gasteiger partial charge in [0.2, 0.25) is 0 Å². The van der Waals surface area contributed by atoms with E-state index in [0.717, 1.165) is 11.1 Å². The predicted molar refractivity (Wildman–Crippen MR) is 140 cm³/mol. The Bertz CT molecular complexity index is 1190. The van der Waals surface area contributed by atoms with Gasteiger partial charge in [-0.2, -0.15) is 0 Å². The van der Waals surface area contributed by atoms with E-state index in [1.54, 1.807) is 6.92 Å². The van der Waals surface area contributed by atoms with E-state index in [4.69, 9.17) is 23.7 Å². The molecule has 41 heavy (non-hydrogen) atoms. The van der Waals surface area contributed by atoms with E-state index < -0.39 is 82.9 Å². The molecule has 2 saturated heterocycles. The molecule has 0 aromatic rings. The fourth-order valence-electron chi connectivity index (χ4n) is 10.0. The molecule has 11 nitrogen and oxygen atoms in total. The summed E-state index contributed by atoms with van der Waals surface area (Å²) in [4.78, 5) is 11.9. The van der Waals surface area contributed by atoms with Gasteiger partial charge in [-0.05, 0) is 49.5 Å². The summed E-state index contributed by atoms with van der Waals surface area (Å²) in [6.07, 6.45) is -2.03. The summed E-state index contributed by atoms with van der Waals surface area (Å²) in [7, 11) is 1.53. The first kappa shape index (κ1) is 28.4. The number of carbonyl (C=O) groups is 1.